The molecule has 0 aromatic carbocycles. The number of anilines is 1. The molecule has 0 spiro atoms. The van der Waals surface area contributed by atoms with Crippen LogP contribution in [0.4, 0.5) is 5.82 Å². The van der Waals surface area contributed by atoms with E-state index in [0.717, 1.165) is 36.8 Å². The molecule has 4 nitrogen and oxygen atoms in total. The average Bonchev–Trinajstić information content (AvgIpc) is 2.18. The van der Waals surface area contributed by atoms with Crippen molar-refractivity contribution in [1.29, 1.82) is 5.26 Å². The normalized spacial score (nSPS) is 14.5. The molecule has 0 saturated heterocycles. The van der Waals surface area contributed by atoms with Crippen molar-refractivity contribution < 1.29 is 0 Å². The van der Waals surface area contributed by atoms with E-state index in [1.165, 1.54) is 0 Å². The van der Waals surface area contributed by atoms with Crippen molar-refractivity contribution in [3.05, 3.63) is 27.0 Å². The zero-order chi connectivity index (χ0) is 10.1. The summed E-state index contributed by atoms with van der Waals surface area (Å²) in [6.07, 6.45) is 3.61. The smallest absolute Gasteiger partial charge is 0.253 e. The summed E-state index contributed by atoms with van der Waals surface area (Å²) < 4.78 is 0. The van der Waals surface area contributed by atoms with Crippen LogP contribution in [0.2, 0.25) is 0 Å². The quantitative estimate of drug-likeness (QED) is 0.630. The van der Waals surface area contributed by atoms with Crippen molar-refractivity contribution in [2.24, 2.45) is 0 Å². The molecular formula is C10H11N3O. The van der Waals surface area contributed by atoms with E-state index in [1.807, 2.05) is 0 Å². The Bertz CT molecular complexity index is 467. The standard InChI is InChI=1S/C10H11N3O/c11-5-8-6-3-1-2-4-7(6)10(14)13-9(8)12/h1-4H2,(H3,12,13,14). The molecule has 0 unspecified atom stereocenters. The Morgan fingerprint density at radius 1 is 1.29 bits per heavy atom. The number of nitriles is 1. The van der Waals surface area contributed by atoms with E-state index < -0.39 is 0 Å². The van der Waals surface area contributed by atoms with Gasteiger partial charge in [0.15, 0.2) is 0 Å². The number of rotatable bonds is 0. The van der Waals surface area contributed by atoms with Gasteiger partial charge in [0, 0.05) is 5.56 Å². The van der Waals surface area contributed by atoms with Gasteiger partial charge in [0.2, 0.25) is 0 Å². The minimum atomic E-state index is -0.129. The Balaban J connectivity index is 2.75. The number of nitrogen functional groups attached to an aromatic ring is 1. The van der Waals surface area contributed by atoms with E-state index in [0.29, 0.717) is 5.56 Å². The van der Waals surface area contributed by atoms with E-state index in [-0.39, 0.29) is 11.4 Å². The molecule has 0 fully saturated rings. The van der Waals surface area contributed by atoms with Crippen LogP contribution < -0.4 is 11.3 Å². The van der Waals surface area contributed by atoms with Gasteiger partial charge in [0.25, 0.3) is 5.56 Å². The first-order chi connectivity index (χ1) is 6.74. The Morgan fingerprint density at radius 2 is 1.93 bits per heavy atom. The number of fused-ring (bicyclic) bond motifs is 1. The van der Waals surface area contributed by atoms with Crippen molar-refractivity contribution in [3.63, 3.8) is 0 Å². The molecule has 14 heavy (non-hydrogen) atoms. The number of hydrogen-bond acceptors (Lipinski definition) is 3. The minimum absolute atomic E-state index is 0.129. The Kier molecular flexibility index (Phi) is 2.01. The highest BCUT2D eigenvalue weighted by atomic mass is 16.1. The van der Waals surface area contributed by atoms with Crippen LogP contribution >= 0.6 is 0 Å². The summed E-state index contributed by atoms with van der Waals surface area (Å²) in [5.41, 5.74) is 7.52. The third-order valence-electron chi connectivity index (χ3n) is 2.67. The summed E-state index contributed by atoms with van der Waals surface area (Å²) in [5, 5.41) is 8.91. The zero-order valence-electron chi connectivity index (χ0n) is 7.76. The largest absolute Gasteiger partial charge is 0.384 e. The lowest BCUT2D eigenvalue weighted by Gasteiger charge is -2.16. The summed E-state index contributed by atoms with van der Waals surface area (Å²) in [6.45, 7) is 0. The first kappa shape index (κ1) is 8.82. The highest BCUT2D eigenvalue weighted by Crippen LogP contribution is 2.23. The van der Waals surface area contributed by atoms with Gasteiger partial charge in [-0.05, 0) is 31.2 Å². The predicted octanol–water partition coefficient (Wildman–Crippen LogP) is 0.708. The van der Waals surface area contributed by atoms with Crippen molar-refractivity contribution in [1.82, 2.24) is 4.98 Å². The van der Waals surface area contributed by atoms with Crippen LogP contribution in [0.15, 0.2) is 4.79 Å². The molecule has 1 aliphatic carbocycles. The highest BCUT2D eigenvalue weighted by Gasteiger charge is 2.18. The van der Waals surface area contributed by atoms with Crippen LogP contribution in [0.1, 0.15) is 29.5 Å². The van der Waals surface area contributed by atoms with E-state index in [4.69, 9.17) is 11.0 Å². The van der Waals surface area contributed by atoms with Crippen molar-refractivity contribution in [2.75, 3.05) is 5.73 Å². The minimum Gasteiger partial charge on any atom is -0.384 e. The van der Waals surface area contributed by atoms with Gasteiger partial charge in [-0.1, -0.05) is 0 Å². The summed E-state index contributed by atoms with van der Waals surface area (Å²) in [5.74, 6) is 0.207. The maximum atomic E-state index is 11.5. The molecule has 72 valence electrons. The van der Waals surface area contributed by atoms with E-state index in [9.17, 15) is 4.79 Å². The number of H-pyrrole nitrogens is 1. The molecular weight excluding hydrogens is 178 g/mol. The molecule has 1 aromatic heterocycles. The van der Waals surface area contributed by atoms with Gasteiger partial charge >= 0.3 is 0 Å². The molecule has 0 atom stereocenters. The predicted molar refractivity (Wildman–Crippen MR) is 52.8 cm³/mol. The number of nitrogens with zero attached hydrogens (tertiary/aromatic N) is 1. The van der Waals surface area contributed by atoms with Gasteiger partial charge in [-0.2, -0.15) is 5.26 Å². The SMILES string of the molecule is N#Cc1c(N)[nH]c(=O)c2c1CCCC2. The molecule has 4 heteroatoms. The summed E-state index contributed by atoms with van der Waals surface area (Å²) in [6, 6.07) is 2.06. The van der Waals surface area contributed by atoms with Crippen molar-refractivity contribution >= 4 is 5.82 Å². The second kappa shape index (κ2) is 3.18. The Labute approximate surface area is 81.4 Å². The van der Waals surface area contributed by atoms with Crippen LogP contribution in [0.25, 0.3) is 0 Å². The number of hydrogen-bond donors (Lipinski definition) is 2. The van der Waals surface area contributed by atoms with Gasteiger partial charge in [-0.15, -0.1) is 0 Å². The third kappa shape index (κ3) is 1.18. The maximum absolute atomic E-state index is 11.5. The van der Waals surface area contributed by atoms with Crippen LogP contribution in [0, 0.1) is 11.3 Å². The number of nitrogens with one attached hydrogen (secondary N) is 1. The second-order valence-electron chi connectivity index (χ2n) is 3.52. The monoisotopic (exact) mass is 189 g/mol. The molecule has 1 heterocycles. The lowest BCUT2D eigenvalue weighted by molar-refractivity contribution is 0.676. The number of pyridine rings is 1. The second-order valence-corrected chi connectivity index (χ2v) is 3.52. The maximum Gasteiger partial charge on any atom is 0.253 e. The fourth-order valence-electron chi connectivity index (χ4n) is 1.98. The van der Waals surface area contributed by atoms with Crippen LogP contribution in [0.3, 0.4) is 0 Å². The van der Waals surface area contributed by atoms with Gasteiger partial charge in [-0.3, -0.25) is 4.79 Å². The molecule has 0 amide bonds. The topological polar surface area (TPSA) is 82.7 Å². The molecule has 2 rings (SSSR count). The van der Waals surface area contributed by atoms with E-state index in [2.05, 4.69) is 11.1 Å². The molecule has 1 aromatic rings. The lowest BCUT2D eigenvalue weighted by atomic mass is 9.90. The van der Waals surface area contributed by atoms with Crippen LogP contribution in [-0.2, 0) is 12.8 Å². The van der Waals surface area contributed by atoms with Gasteiger partial charge < -0.3 is 10.7 Å². The van der Waals surface area contributed by atoms with Crippen LogP contribution in [-0.4, -0.2) is 4.98 Å². The highest BCUT2D eigenvalue weighted by molar-refractivity contribution is 5.55. The number of aromatic amines is 1. The first-order valence-corrected chi connectivity index (χ1v) is 4.67. The summed E-state index contributed by atoms with van der Waals surface area (Å²) >= 11 is 0. The molecule has 3 N–H and O–H groups in total. The van der Waals surface area contributed by atoms with E-state index in [1.54, 1.807) is 0 Å². The molecule has 0 bridgehead atoms. The zero-order valence-corrected chi connectivity index (χ0v) is 7.76. The van der Waals surface area contributed by atoms with Gasteiger partial charge in [0.05, 0.1) is 5.56 Å². The number of nitrogens with two attached hydrogens (primary N) is 1. The van der Waals surface area contributed by atoms with Crippen LogP contribution in [0.5, 0.6) is 0 Å². The van der Waals surface area contributed by atoms with Crippen molar-refractivity contribution in [3.8, 4) is 6.07 Å². The molecule has 0 saturated carbocycles. The molecule has 0 radical (unpaired) electrons. The van der Waals surface area contributed by atoms with Gasteiger partial charge in [-0.25, -0.2) is 0 Å². The average molecular weight is 189 g/mol. The van der Waals surface area contributed by atoms with Crippen molar-refractivity contribution in [2.45, 2.75) is 25.7 Å². The Hall–Kier alpha value is -1.76. The summed E-state index contributed by atoms with van der Waals surface area (Å²) in [7, 11) is 0. The lowest BCUT2D eigenvalue weighted by Crippen LogP contribution is -2.22. The number of aromatic nitrogens is 1. The fourth-order valence-corrected chi connectivity index (χ4v) is 1.98. The molecule has 1 aliphatic rings. The fraction of sp³-hybridized carbons (Fsp3) is 0.400. The van der Waals surface area contributed by atoms with Gasteiger partial charge in [0.1, 0.15) is 11.9 Å². The third-order valence-corrected chi connectivity index (χ3v) is 2.67. The Morgan fingerprint density at radius 3 is 2.57 bits per heavy atom. The van der Waals surface area contributed by atoms with E-state index >= 15 is 0 Å². The summed E-state index contributed by atoms with van der Waals surface area (Å²) in [4.78, 5) is 14.0. The first-order valence-electron chi connectivity index (χ1n) is 4.67. The molecule has 0 aliphatic heterocycles.